The summed E-state index contributed by atoms with van der Waals surface area (Å²) in [5.74, 6) is -0.186. The Morgan fingerprint density at radius 2 is 2.05 bits per heavy atom. The number of aliphatic hydroxyl groups excluding tert-OH is 1. The Hall–Kier alpha value is -2.73. The zero-order valence-electron chi connectivity index (χ0n) is 11.4. The lowest BCUT2D eigenvalue weighted by molar-refractivity contribution is -0.145. The summed E-state index contributed by atoms with van der Waals surface area (Å²) in [6.07, 6.45) is 7.84. The van der Waals surface area contributed by atoms with Crippen molar-refractivity contribution in [2.75, 3.05) is 0 Å². The largest absolute Gasteiger partial charge is 0.460 e. The van der Waals surface area contributed by atoms with Crippen molar-refractivity contribution in [1.29, 1.82) is 0 Å². The lowest BCUT2D eigenvalue weighted by Gasteiger charge is -2.23. The monoisotopic (exact) mass is 300 g/mol. The Balaban J connectivity index is 1.60. The molecule has 0 saturated heterocycles. The first-order valence-corrected chi connectivity index (χ1v) is 6.84. The average molecular weight is 300 g/mol. The van der Waals surface area contributed by atoms with Gasteiger partial charge in [0.2, 0.25) is 17.5 Å². The molecule has 1 aliphatic carbocycles. The summed E-state index contributed by atoms with van der Waals surface area (Å²) in [5.41, 5.74) is 1.77. The summed E-state index contributed by atoms with van der Waals surface area (Å²) in [4.78, 5) is 12.2. The molecule has 1 aromatic carbocycles. The van der Waals surface area contributed by atoms with Gasteiger partial charge in [-0.2, -0.15) is 0 Å². The van der Waals surface area contributed by atoms with Gasteiger partial charge in [0.25, 0.3) is 0 Å². The highest BCUT2D eigenvalue weighted by molar-refractivity contribution is 5.96. The normalized spacial score (nSPS) is 23.0. The second kappa shape index (κ2) is 4.92. The molecule has 2 unspecified atom stereocenters. The predicted octanol–water partition coefficient (Wildman–Crippen LogP) is 2.55. The van der Waals surface area contributed by atoms with Gasteiger partial charge in [-0.3, -0.25) is 9.15 Å². The van der Waals surface area contributed by atoms with Crippen LogP contribution in [0.25, 0.3) is 17.2 Å². The second-order valence-electron chi connectivity index (χ2n) is 5.07. The van der Waals surface area contributed by atoms with Crippen LogP contribution in [0.15, 0.2) is 51.2 Å². The lowest BCUT2D eigenvalue weighted by Crippen LogP contribution is -2.30. The summed E-state index contributed by atoms with van der Waals surface area (Å²) < 4.78 is 20.3. The number of carbonyl (C=O) groups is 1. The molecule has 4 rings (SSSR count). The summed E-state index contributed by atoms with van der Waals surface area (Å²) in [6.45, 7) is 0. The third-order valence-electron chi connectivity index (χ3n) is 3.55. The maximum atomic E-state index is 12.2. The summed E-state index contributed by atoms with van der Waals surface area (Å²) in [5, 5.41) is 10.00. The third kappa shape index (κ3) is 2.14. The van der Waals surface area contributed by atoms with E-state index in [-0.39, 0.29) is 11.7 Å². The van der Waals surface area contributed by atoms with Crippen LogP contribution in [0.5, 0.6) is 5.75 Å². The number of carbonyl (C=O) groups excluding carboxylic acids is 1. The van der Waals surface area contributed by atoms with E-state index in [9.17, 15) is 9.90 Å². The van der Waals surface area contributed by atoms with Gasteiger partial charge in [0, 0.05) is 24.1 Å². The Morgan fingerprint density at radius 3 is 2.77 bits per heavy atom. The van der Waals surface area contributed by atoms with Crippen LogP contribution in [0.2, 0.25) is 0 Å². The molecule has 0 bridgehead atoms. The van der Waals surface area contributed by atoms with Crippen molar-refractivity contribution in [2.24, 2.45) is 0 Å². The van der Waals surface area contributed by atoms with E-state index >= 15 is 0 Å². The molecule has 6 heteroatoms. The number of ether oxygens (including phenoxy) is 2. The molecule has 2 heterocycles. The van der Waals surface area contributed by atoms with Gasteiger partial charge in [-0.05, 0) is 12.2 Å². The van der Waals surface area contributed by atoms with Crippen molar-refractivity contribution >= 4 is 23.2 Å². The quantitative estimate of drug-likeness (QED) is 0.678. The molecule has 0 amide bonds. The van der Waals surface area contributed by atoms with E-state index in [1.807, 2.05) is 18.2 Å². The molecule has 2 aliphatic rings. The zero-order chi connectivity index (χ0) is 15.1. The van der Waals surface area contributed by atoms with Crippen molar-refractivity contribution in [1.82, 2.24) is 0 Å². The van der Waals surface area contributed by atoms with Gasteiger partial charge in [0.05, 0.1) is 0 Å². The Bertz CT molecular complexity index is 819. The Kier molecular flexibility index (Phi) is 2.90. The molecule has 1 aliphatic heterocycles. The fourth-order valence-electron chi connectivity index (χ4n) is 2.39. The third-order valence-corrected chi connectivity index (χ3v) is 3.55. The first-order valence-electron chi connectivity index (χ1n) is 6.84. The number of hydrogen-bond donors (Lipinski definition) is 1. The number of aliphatic hydroxyl groups is 1. The molecule has 6 nitrogen and oxygen atoms in total. The van der Waals surface area contributed by atoms with Gasteiger partial charge in [-0.1, -0.05) is 18.2 Å². The predicted molar refractivity (Wildman–Crippen MR) is 75.9 cm³/mol. The van der Waals surface area contributed by atoms with Crippen molar-refractivity contribution in [3.63, 3.8) is 0 Å². The SMILES string of the molecule is O=C(OC1C=CC=CC1)C1=Cc2cc3ooc3cc2OC1O. The second-order valence-corrected chi connectivity index (χ2v) is 5.07. The maximum Gasteiger partial charge on any atom is 0.341 e. The van der Waals surface area contributed by atoms with E-state index in [4.69, 9.17) is 18.6 Å². The van der Waals surface area contributed by atoms with Crippen molar-refractivity contribution in [3.8, 4) is 5.75 Å². The fourth-order valence-corrected chi connectivity index (χ4v) is 2.39. The molecule has 1 N–H and O–H groups in total. The number of rotatable bonds is 2. The molecule has 112 valence electrons. The first-order chi connectivity index (χ1) is 10.7. The number of esters is 1. The highest BCUT2D eigenvalue weighted by Crippen LogP contribution is 2.34. The molecular weight excluding hydrogens is 288 g/mol. The minimum Gasteiger partial charge on any atom is -0.460 e. The van der Waals surface area contributed by atoms with Crippen LogP contribution in [0.3, 0.4) is 0 Å². The van der Waals surface area contributed by atoms with Gasteiger partial charge in [-0.25, -0.2) is 4.79 Å². The van der Waals surface area contributed by atoms with Gasteiger partial charge in [0.1, 0.15) is 17.4 Å². The van der Waals surface area contributed by atoms with Gasteiger partial charge >= 0.3 is 5.97 Å². The molecule has 0 radical (unpaired) electrons. The Labute approximate surface area is 124 Å². The molecule has 0 fully saturated rings. The smallest absolute Gasteiger partial charge is 0.341 e. The van der Waals surface area contributed by atoms with E-state index in [1.165, 1.54) is 6.08 Å². The van der Waals surface area contributed by atoms with Crippen LogP contribution >= 0.6 is 0 Å². The van der Waals surface area contributed by atoms with Gasteiger partial charge in [-0.15, -0.1) is 0 Å². The minimum atomic E-state index is -1.37. The highest BCUT2D eigenvalue weighted by atomic mass is 17.0. The maximum absolute atomic E-state index is 12.2. The lowest BCUT2D eigenvalue weighted by atomic mass is 10.1. The average Bonchev–Trinajstić information content (AvgIpc) is 2.50. The summed E-state index contributed by atoms with van der Waals surface area (Å²) in [7, 11) is 0. The van der Waals surface area contributed by atoms with Gasteiger partial charge < -0.3 is 14.6 Å². The number of fused-ring (bicyclic) bond motifs is 2. The molecule has 2 aromatic rings. The van der Waals surface area contributed by atoms with E-state index in [1.54, 1.807) is 18.2 Å². The van der Waals surface area contributed by atoms with E-state index in [0.717, 1.165) is 0 Å². The van der Waals surface area contributed by atoms with Crippen LogP contribution in [0.4, 0.5) is 0 Å². The van der Waals surface area contributed by atoms with Crippen molar-refractivity contribution in [2.45, 2.75) is 18.8 Å². The number of hydrogen-bond acceptors (Lipinski definition) is 6. The molecule has 22 heavy (non-hydrogen) atoms. The Morgan fingerprint density at radius 1 is 1.23 bits per heavy atom. The van der Waals surface area contributed by atoms with Crippen LogP contribution in [-0.2, 0) is 9.53 Å². The summed E-state index contributed by atoms with van der Waals surface area (Å²) in [6, 6.07) is 3.28. The number of benzene rings is 1. The van der Waals surface area contributed by atoms with E-state index in [0.29, 0.717) is 28.9 Å². The summed E-state index contributed by atoms with van der Waals surface area (Å²) >= 11 is 0. The van der Waals surface area contributed by atoms with Crippen molar-refractivity contribution in [3.05, 3.63) is 47.6 Å². The van der Waals surface area contributed by atoms with Crippen molar-refractivity contribution < 1.29 is 28.5 Å². The zero-order valence-corrected chi connectivity index (χ0v) is 11.4. The van der Waals surface area contributed by atoms with Gasteiger partial charge in [0.15, 0.2) is 0 Å². The number of allylic oxidation sites excluding steroid dienone is 2. The molecule has 2 atom stereocenters. The molecule has 0 saturated carbocycles. The molecular formula is C16H12O6. The fraction of sp³-hybridized carbons (Fsp3) is 0.188. The van der Waals surface area contributed by atoms with E-state index in [2.05, 4.69) is 0 Å². The van der Waals surface area contributed by atoms with Crippen LogP contribution in [-0.4, -0.2) is 23.5 Å². The molecule has 1 aromatic heterocycles. The highest BCUT2D eigenvalue weighted by Gasteiger charge is 2.29. The minimum absolute atomic E-state index is 0.0515. The first kappa shape index (κ1) is 13.0. The van der Waals surface area contributed by atoms with Crippen LogP contribution in [0, 0.1) is 0 Å². The standard InChI is InChI=1S/C16H12O6/c17-15(19-10-4-2-1-3-5-10)11-6-9-7-13-14(22-21-13)8-12(9)20-16(11)18/h1-4,6-8,10,16,18H,5H2. The van der Waals surface area contributed by atoms with Crippen LogP contribution in [0.1, 0.15) is 12.0 Å². The molecule has 0 spiro atoms. The van der Waals surface area contributed by atoms with Crippen LogP contribution < -0.4 is 4.74 Å². The topological polar surface area (TPSA) is 82.0 Å². The van der Waals surface area contributed by atoms with E-state index < -0.39 is 12.3 Å².